The molecule has 1 amide bonds. The number of nitrogens with one attached hydrogen (secondary N) is 1. The van der Waals surface area contributed by atoms with Gasteiger partial charge in [0.15, 0.2) is 0 Å². The van der Waals surface area contributed by atoms with Crippen molar-refractivity contribution in [3.63, 3.8) is 0 Å². The standard InChI is InChI=1S/C22H17ClN2O3/c1-2-27-19-8-4-7-18(13-19)25-22(26)16(14-24)12-20-9-10-21(28-20)15-5-3-6-17(23)11-15/h3-13H,2H2,1H3,(H,25,26). The maximum Gasteiger partial charge on any atom is 0.266 e. The number of nitriles is 1. The van der Waals surface area contributed by atoms with Gasteiger partial charge in [0.1, 0.15) is 28.9 Å². The molecule has 1 aromatic heterocycles. The average molecular weight is 393 g/mol. The molecule has 28 heavy (non-hydrogen) atoms. The van der Waals surface area contributed by atoms with Crippen LogP contribution < -0.4 is 10.1 Å². The highest BCUT2D eigenvalue weighted by Crippen LogP contribution is 2.26. The second-order valence-corrected chi connectivity index (χ2v) is 6.23. The molecule has 0 fully saturated rings. The topological polar surface area (TPSA) is 75.3 Å². The van der Waals surface area contributed by atoms with Crippen molar-refractivity contribution in [1.82, 2.24) is 0 Å². The van der Waals surface area contributed by atoms with E-state index < -0.39 is 5.91 Å². The summed E-state index contributed by atoms with van der Waals surface area (Å²) in [6, 6.07) is 19.6. The van der Waals surface area contributed by atoms with Crippen molar-refractivity contribution in [2.75, 3.05) is 11.9 Å². The van der Waals surface area contributed by atoms with Crippen molar-refractivity contribution in [2.45, 2.75) is 6.92 Å². The summed E-state index contributed by atoms with van der Waals surface area (Å²) in [6.07, 6.45) is 1.40. The maximum absolute atomic E-state index is 12.4. The summed E-state index contributed by atoms with van der Waals surface area (Å²) in [5.41, 5.74) is 1.27. The van der Waals surface area contributed by atoms with E-state index in [-0.39, 0.29) is 5.57 Å². The van der Waals surface area contributed by atoms with Gasteiger partial charge < -0.3 is 14.5 Å². The van der Waals surface area contributed by atoms with Crippen LogP contribution in [0.5, 0.6) is 5.75 Å². The number of halogens is 1. The molecular weight excluding hydrogens is 376 g/mol. The van der Waals surface area contributed by atoms with Crippen LogP contribution in [0.15, 0.2) is 70.7 Å². The highest BCUT2D eigenvalue weighted by Gasteiger charge is 2.12. The van der Waals surface area contributed by atoms with Gasteiger partial charge in [-0.05, 0) is 43.3 Å². The summed E-state index contributed by atoms with van der Waals surface area (Å²) >= 11 is 6.00. The predicted molar refractivity (Wildman–Crippen MR) is 109 cm³/mol. The van der Waals surface area contributed by atoms with Crippen LogP contribution in [-0.2, 0) is 4.79 Å². The number of carbonyl (C=O) groups excluding carboxylic acids is 1. The number of hydrogen-bond acceptors (Lipinski definition) is 4. The number of carbonyl (C=O) groups is 1. The summed E-state index contributed by atoms with van der Waals surface area (Å²) in [7, 11) is 0. The van der Waals surface area contributed by atoms with Crippen molar-refractivity contribution in [3.05, 3.63) is 77.0 Å². The van der Waals surface area contributed by atoms with E-state index in [1.807, 2.05) is 25.1 Å². The third-order valence-electron chi connectivity index (χ3n) is 3.79. The van der Waals surface area contributed by atoms with E-state index in [4.69, 9.17) is 20.8 Å². The second kappa shape index (κ2) is 8.94. The number of amides is 1. The lowest BCUT2D eigenvalue weighted by atomic mass is 10.2. The molecule has 3 aromatic rings. The first-order chi connectivity index (χ1) is 13.6. The molecule has 0 atom stereocenters. The van der Waals surface area contributed by atoms with E-state index in [1.54, 1.807) is 48.5 Å². The molecule has 0 saturated carbocycles. The van der Waals surface area contributed by atoms with Gasteiger partial charge in [0.2, 0.25) is 0 Å². The summed E-state index contributed by atoms with van der Waals surface area (Å²) in [5.74, 6) is 1.09. The molecule has 0 radical (unpaired) electrons. The number of rotatable bonds is 6. The molecule has 0 spiro atoms. The molecule has 0 unspecified atom stereocenters. The number of benzene rings is 2. The van der Waals surface area contributed by atoms with Crippen molar-refractivity contribution in [1.29, 1.82) is 5.26 Å². The smallest absolute Gasteiger partial charge is 0.266 e. The Bertz CT molecular complexity index is 1060. The molecule has 0 aliphatic carbocycles. The summed E-state index contributed by atoms with van der Waals surface area (Å²) in [4.78, 5) is 12.4. The van der Waals surface area contributed by atoms with Crippen molar-refractivity contribution in [2.24, 2.45) is 0 Å². The zero-order chi connectivity index (χ0) is 19.9. The van der Waals surface area contributed by atoms with E-state index in [9.17, 15) is 10.1 Å². The summed E-state index contributed by atoms with van der Waals surface area (Å²) in [6.45, 7) is 2.40. The number of anilines is 1. The molecule has 2 aromatic carbocycles. The molecule has 0 saturated heterocycles. The van der Waals surface area contributed by atoms with Gasteiger partial charge in [0.25, 0.3) is 5.91 Å². The van der Waals surface area contributed by atoms with Crippen LogP contribution in [0, 0.1) is 11.3 Å². The zero-order valence-electron chi connectivity index (χ0n) is 15.1. The Morgan fingerprint density at radius 3 is 2.79 bits per heavy atom. The van der Waals surface area contributed by atoms with Crippen molar-refractivity contribution < 1.29 is 13.9 Å². The first kappa shape index (κ1) is 19.3. The van der Waals surface area contributed by atoms with Gasteiger partial charge in [-0.2, -0.15) is 5.26 Å². The molecule has 0 bridgehead atoms. The lowest BCUT2D eigenvalue weighted by Crippen LogP contribution is -2.13. The van der Waals surface area contributed by atoms with E-state index in [0.29, 0.717) is 34.6 Å². The molecule has 6 heteroatoms. The Kier molecular flexibility index (Phi) is 6.15. The molecule has 5 nitrogen and oxygen atoms in total. The Balaban J connectivity index is 1.78. The summed E-state index contributed by atoms with van der Waals surface area (Å²) < 4.78 is 11.1. The Labute approximate surface area is 167 Å². The zero-order valence-corrected chi connectivity index (χ0v) is 15.9. The molecule has 0 aliphatic heterocycles. The Morgan fingerprint density at radius 2 is 2.04 bits per heavy atom. The molecular formula is C22H17ClN2O3. The van der Waals surface area contributed by atoms with Crippen LogP contribution >= 0.6 is 11.6 Å². The highest BCUT2D eigenvalue weighted by atomic mass is 35.5. The molecule has 1 heterocycles. The largest absolute Gasteiger partial charge is 0.494 e. The van der Waals surface area contributed by atoms with Crippen LogP contribution in [0.4, 0.5) is 5.69 Å². The lowest BCUT2D eigenvalue weighted by molar-refractivity contribution is -0.112. The second-order valence-electron chi connectivity index (χ2n) is 5.80. The number of ether oxygens (including phenoxy) is 1. The molecule has 3 rings (SSSR count). The maximum atomic E-state index is 12.4. The SMILES string of the molecule is CCOc1cccc(NC(=O)C(C#N)=Cc2ccc(-c3cccc(Cl)c3)o2)c1. The van der Waals surface area contributed by atoms with Gasteiger partial charge in [-0.25, -0.2) is 0 Å². The molecule has 140 valence electrons. The van der Waals surface area contributed by atoms with E-state index in [2.05, 4.69) is 5.32 Å². The number of hydrogen-bond donors (Lipinski definition) is 1. The van der Waals surface area contributed by atoms with Crippen molar-refractivity contribution >= 4 is 29.3 Å². The van der Waals surface area contributed by atoms with Gasteiger partial charge in [0.05, 0.1) is 6.61 Å². The predicted octanol–water partition coefficient (Wildman–Crippen LogP) is 5.54. The van der Waals surface area contributed by atoms with Gasteiger partial charge in [-0.1, -0.05) is 29.8 Å². The minimum absolute atomic E-state index is 0.0752. The lowest BCUT2D eigenvalue weighted by Gasteiger charge is -2.07. The van der Waals surface area contributed by atoms with E-state index >= 15 is 0 Å². The quantitative estimate of drug-likeness (QED) is 0.441. The highest BCUT2D eigenvalue weighted by molar-refractivity contribution is 6.30. The van der Waals surface area contributed by atoms with Gasteiger partial charge in [0, 0.05) is 28.4 Å². The van der Waals surface area contributed by atoms with Crippen LogP contribution in [0.1, 0.15) is 12.7 Å². The molecule has 0 aliphatic rings. The van der Waals surface area contributed by atoms with Crippen LogP contribution in [0.2, 0.25) is 5.02 Å². The fraction of sp³-hybridized carbons (Fsp3) is 0.0909. The summed E-state index contributed by atoms with van der Waals surface area (Å²) in [5, 5.41) is 12.7. The van der Waals surface area contributed by atoms with Gasteiger partial charge in [-0.15, -0.1) is 0 Å². The Morgan fingerprint density at radius 1 is 1.21 bits per heavy atom. The fourth-order valence-electron chi connectivity index (χ4n) is 2.55. The number of furan rings is 1. The van der Waals surface area contributed by atoms with Crippen molar-refractivity contribution in [3.8, 4) is 23.1 Å². The first-order valence-corrected chi connectivity index (χ1v) is 8.98. The van der Waals surface area contributed by atoms with Crippen LogP contribution in [-0.4, -0.2) is 12.5 Å². The van der Waals surface area contributed by atoms with Gasteiger partial charge >= 0.3 is 0 Å². The monoisotopic (exact) mass is 392 g/mol. The Hall–Kier alpha value is -3.49. The fourth-order valence-corrected chi connectivity index (χ4v) is 2.74. The molecule has 1 N–H and O–H groups in total. The minimum Gasteiger partial charge on any atom is -0.494 e. The average Bonchev–Trinajstić information content (AvgIpc) is 3.15. The van der Waals surface area contributed by atoms with E-state index in [0.717, 1.165) is 5.56 Å². The van der Waals surface area contributed by atoms with E-state index in [1.165, 1.54) is 6.08 Å². The first-order valence-electron chi connectivity index (χ1n) is 8.61. The number of nitrogens with zero attached hydrogens (tertiary/aromatic N) is 1. The van der Waals surface area contributed by atoms with Crippen LogP contribution in [0.3, 0.4) is 0 Å². The third kappa shape index (κ3) is 4.81. The third-order valence-corrected chi connectivity index (χ3v) is 4.03. The van der Waals surface area contributed by atoms with Crippen LogP contribution in [0.25, 0.3) is 17.4 Å². The van der Waals surface area contributed by atoms with Gasteiger partial charge in [-0.3, -0.25) is 4.79 Å². The normalized spacial score (nSPS) is 11.0. The minimum atomic E-state index is -0.531.